The van der Waals surface area contributed by atoms with Crippen LogP contribution in [0.5, 0.6) is 0 Å². The Morgan fingerprint density at radius 2 is 1.86 bits per heavy atom. The number of halogens is 1. The zero-order chi connectivity index (χ0) is 19.8. The van der Waals surface area contributed by atoms with Crippen molar-refractivity contribution < 1.29 is 9.18 Å². The number of fused-ring (bicyclic) bond motifs is 2. The summed E-state index contributed by atoms with van der Waals surface area (Å²) in [6.07, 6.45) is 2.67. The van der Waals surface area contributed by atoms with Crippen molar-refractivity contribution in [3.05, 3.63) is 101 Å². The Hall–Kier alpha value is -3.73. The average molecular weight is 383 g/mol. The van der Waals surface area contributed by atoms with Crippen LogP contribution in [-0.2, 0) is 6.42 Å². The molecule has 0 saturated carbocycles. The minimum absolute atomic E-state index is 0.164. The van der Waals surface area contributed by atoms with Crippen LogP contribution in [0.1, 0.15) is 27.0 Å². The van der Waals surface area contributed by atoms with E-state index in [4.69, 9.17) is 0 Å². The molecule has 1 aromatic heterocycles. The fourth-order valence-electron chi connectivity index (χ4n) is 3.72. The number of nitrogens with zero attached hydrogens (tertiary/aromatic N) is 1. The molecule has 0 radical (unpaired) electrons. The van der Waals surface area contributed by atoms with Gasteiger partial charge in [-0.2, -0.15) is 0 Å². The van der Waals surface area contributed by atoms with E-state index in [0.29, 0.717) is 17.8 Å². The number of aromatic amines is 1. The molecule has 4 aromatic rings. The maximum absolute atomic E-state index is 13.7. The molecule has 1 aliphatic rings. The van der Waals surface area contributed by atoms with E-state index >= 15 is 0 Å². The lowest BCUT2D eigenvalue weighted by Gasteiger charge is -2.17. The zero-order valence-corrected chi connectivity index (χ0v) is 15.6. The number of hydrogen-bond acceptors (Lipinski definition) is 2. The van der Waals surface area contributed by atoms with Gasteiger partial charge in [0.1, 0.15) is 5.82 Å². The van der Waals surface area contributed by atoms with Crippen molar-refractivity contribution in [2.75, 3.05) is 11.9 Å². The summed E-state index contributed by atoms with van der Waals surface area (Å²) >= 11 is 0. The average Bonchev–Trinajstić information content (AvgIpc) is 3.22. The first-order valence-corrected chi connectivity index (χ1v) is 9.49. The molecular weight excluding hydrogens is 365 g/mol. The number of hydrogen-bond donors (Lipinski definition) is 2. The minimum atomic E-state index is -0.262. The molecule has 1 amide bonds. The molecule has 1 aliphatic heterocycles. The SMILES string of the molecule is O=C(Nc1ccc(C2=NCCc3ccc(F)cc32)cc1)c1ccc2[nH]ccc2c1. The minimum Gasteiger partial charge on any atom is -0.361 e. The summed E-state index contributed by atoms with van der Waals surface area (Å²) in [4.78, 5) is 20.3. The van der Waals surface area contributed by atoms with Gasteiger partial charge in [-0.25, -0.2) is 4.39 Å². The first kappa shape index (κ1) is 17.4. The lowest BCUT2D eigenvalue weighted by Crippen LogP contribution is -2.15. The third kappa shape index (κ3) is 3.31. The second kappa shape index (κ2) is 7.02. The fourth-order valence-corrected chi connectivity index (χ4v) is 3.72. The van der Waals surface area contributed by atoms with E-state index in [0.717, 1.165) is 39.7 Å². The van der Waals surface area contributed by atoms with Crippen molar-refractivity contribution in [1.29, 1.82) is 0 Å². The maximum Gasteiger partial charge on any atom is 0.255 e. The van der Waals surface area contributed by atoms with E-state index < -0.39 is 0 Å². The van der Waals surface area contributed by atoms with Gasteiger partial charge in [0.25, 0.3) is 5.91 Å². The van der Waals surface area contributed by atoms with Gasteiger partial charge in [-0.3, -0.25) is 9.79 Å². The number of anilines is 1. The zero-order valence-electron chi connectivity index (χ0n) is 15.6. The summed E-state index contributed by atoms with van der Waals surface area (Å²) in [5, 5.41) is 3.92. The molecule has 29 heavy (non-hydrogen) atoms. The fraction of sp³-hybridized carbons (Fsp3) is 0.0833. The Morgan fingerprint density at radius 1 is 1.00 bits per heavy atom. The number of carbonyl (C=O) groups is 1. The van der Waals surface area contributed by atoms with Crippen molar-refractivity contribution in [3.63, 3.8) is 0 Å². The summed E-state index contributed by atoms with van der Waals surface area (Å²) in [6, 6.07) is 19.9. The number of rotatable bonds is 3. The van der Waals surface area contributed by atoms with Crippen molar-refractivity contribution >= 4 is 28.2 Å². The highest BCUT2D eigenvalue weighted by Gasteiger charge is 2.17. The largest absolute Gasteiger partial charge is 0.361 e. The van der Waals surface area contributed by atoms with E-state index in [9.17, 15) is 9.18 Å². The maximum atomic E-state index is 13.7. The van der Waals surface area contributed by atoms with Gasteiger partial charge in [0, 0.05) is 46.0 Å². The molecule has 4 nitrogen and oxygen atoms in total. The normalized spacial score (nSPS) is 13.1. The molecule has 0 saturated heterocycles. The number of benzene rings is 3. The molecule has 5 heteroatoms. The molecular formula is C24H18FN3O. The first-order chi connectivity index (χ1) is 14.2. The van der Waals surface area contributed by atoms with Gasteiger partial charge in [0.2, 0.25) is 0 Å². The second-order valence-electron chi connectivity index (χ2n) is 7.09. The number of carbonyl (C=O) groups excluding carboxylic acids is 1. The van der Waals surface area contributed by atoms with Gasteiger partial charge in [-0.05, 0) is 60.5 Å². The summed E-state index contributed by atoms with van der Waals surface area (Å²) < 4.78 is 13.7. The highest BCUT2D eigenvalue weighted by molar-refractivity contribution is 6.14. The predicted molar refractivity (Wildman–Crippen MR) is 113 cm³/mol. The number of amides is 1. The van der Waals surface area contributed by atoms with Crippen LogP contribution < -0.4 is 5.32 Å². The monoisotopic (exact) mass is 383 g/mol. The molecule has 5 rings (SSSR count). The Morgan fingerprint density at radius 3 is 2.72 bits per heavy atom. The Labute approximate surface area is 167 Å². The molecule has 2 N–H and O–H groups in total. The smallest absolute Gasteiger partial charge is 0.255 e. The van der Waals surface area contributed by atoms with Gasteiger partial charge in [-0.1, -0.05) is 18.2 Å². The quantitative estimate of drug-likeness (QED) is 0.517. The summed E-state index contributed by atoms with van der Waals surface area (Å²) in [5.41, 5.74) is 5.94. The van der Waals surface area contributed by atoms with Gasteiger partial charge in [-0.15, -0.1) is 0 Å². The van der Waals surface area contributed by atoms with E-state index in [-0.39, 0.29) is 11.7 Å². The summed E-state index contributed by atoms with van der Waals surface area (Å²) in [6.45, 7) is 0.689. The first-order valence-electron chi connectivity index (χ1n) is 9.49. The standard InChI is InChI=1S/C24H18FN3O/c25-19-5-1-15-9-12-27-23(21(15)14-19)16-2-6-20(7-3-16)28-24(29)18-4-8-22-17(13-18)10-11-26-22/h1-8,10-11,13-14,26H,9,12H2,(H,28,29). The van der Waals surface area contributed by atoms with E-state index in [1.165, 1.54) is 6.07 Å². The lowest BCUT2D eigenvalue weighted by molar-refractivity contribution is 0.102. The van der Waals surface area contributed by atoms with Gasteiger partial charge in [0.05, 0.1) is 5.71 Å². The molecule has 0 spiro atoms. The van der Waals surface area contributed by atoms with Gasteiger partial charge in [0.15, 0.2) is 0 Å². The molecule has 2 heterocycles. The van der Waals surface area contributed by atoms with E-state index in [1.807, 2.05) is 54.7 Å². The van der Waals surface area contributed by atoms with Crippen molar-refractivity contribution in [3.8, 4) is 0 Å². The molecule has 0 atom stereocenters. The van der Waals surface area contributed by atoms with Gasteiger partial charge >= 0.3 is 0 Å². The molecule has 3 aromatic carbocycles. The highest BCUT2D eigenvalue weighted by Crippen LogP contribution is 2.23. The number of aromatic nitrogens is 1. The second-order valence-corrected chi connectivity index (χ2v) is 7.09. The molecule has 0 fully saturated rings. The van der Waals surface area contributed by atoms with Crippen molar-refractivity contribution in [2.45, 2.75) is 6.42 Å². The van der Waals surface area contributed by atoms with Crippen LogP contribution in [0.2, 0.25) is 0 Å². The predicted octanol–water partition coefficient (Wildman–Crippen LogP) is 4.95. The van der Waals surface area contributed by atoms with E-state index in [2.05, 4.69) is 15.3 Å². The van der Waals surface area contributed by atoms with Crippen LogP contribution >= 0.6 is 0 Å². The van der Waals surface area contributed by atoms with Crippen LogP contribution in [0, 0.1) is 5.82 Å². The van der Waals surface area contributed by atoms with Crippen molar-refractivity contribution in [1.82, 2.24) is 4.98 Å². The number of aliphatic imine (C=N–C) groups is 1. The number of nitrogens with one attached hydrogen (secondary N) is 2. The topological polar surface area (TPSA) is 57.2 Å². The highest BCUT2D eigenvalue weighted by atomic mass is 19.1. The summed E-state index contributed by atoms with van der Waals surface area (Å²) in [5.74, 6) is -0.426. The van der Waals surface area contributed by atoms with Crippen molar-refractivity contribution in [2.24, 2.45) is 4.99 Å². The lowest BCUT2D eigenvalue weighted by atomic mass is 9.93. The Bertz CT molecular complexity index is 1250. The molecule has 142 valence electrons. The number of H-pyrrole nitrogens is 1. The Balaban J connectivity index is 1.37. The molecule has 0 bridgehead atoms. The third-order valence-corrected chi connectivity index (χ3v) is 5.21. The van der Waals surface area contributed by atoms with E-state index in [1.54, 1.807) is 12.1 Å². The molecule has 0 unspecified atom stereocenters. The van der Waals surface area contributed by atoms with Gasteiger partial charge < -0.3 is 10.3 Å². The molecule has 0 aliphatic carbocycles. The van der Waals surface area contributed by atoms with Crippen LogP contribution in [0.25, 0.3) is 10.9 Å². The van der Waals surface area contributed by atoms with Crippen LogP contribution in [-0.4, -0.2) is 23.1 Å². The Kier molecular flexibility index (Phi) is 4.21. The van der Waals surface area contributed by atoms with Crippen LogP contribution in [0.15, 0.2) is 77.9 Å². The third-order valence-electron chi connectivity index (χ3n) is 5.21. The van der Waals surface area contributed by atoms with Crippen LogP contribution in [0.4, 0.5) is 10.1 Å². The van der Waals surface area contributed by atoms with Crippen LogP contribution in [0.3, 0.4) is 0 Å². The summed E-state index contributed by atoms with van der Waals surface area (Å²) in [7, 11) is 0.